The van der Waals surface area contributed by atoms with Gasteiger partial charge in [0.25, 0.3) is 5.91 Å². The third-order valence-electron chi connectivity index (χ3n) is 4.64. The second-order valence-corrected chi connectivity index (χ2v) is 7.99. The van der Waals surface area contributed by atoms with Crippen molar-refractivity contribution in [2.45, 2.75) is 18.6 Å². The van der Waals surface area contributed by atoms with Gasteiger partial charge in [-0.3, -0.25) is 9.59 Å². The van der Waals surface area contributed by atoms with E-state index in [1.807, 2.05) is 4.57 Å². The summed E-state index contributed by atoms with van der Waals surface area (Å²) >= 11 is 1.03. The van der Waals surface area contributed by atoms with Crippen LogP contribution in [0.25, 0.3) is 10.2 Å². The average Bonchev–Trinajstić information content (AvgIpc) is 3.42. The van der Waals surface area contributed by atoms with Gasteiger partial charge in [-0.05, 0) is 24.3 Å². The Hall–Kier alpha value is -3.87. The summed E-state index contributed by atoms with van der Waals surface area (Å²) in [5, 5.41) is 2.93. The number of thiazole rings is 1. The molecule has 33 heavy (non-hydrogen) atoms. The Bertz CT molecular complexity index is 1300. The number of imidazole rings is 1. The standard InChI is InChI=1S/C20H16F3N7O2S/c21-20(22,23)14-3-4-26-17(29-14)15(16(24)31)19-28-12-2-1-11(9-13(12)33-19)18(32)27-6-8-30-7-5-25-10-30/h1-5,7,9-10,15H,6,8H2,(H2,24,31)(H,27,32). The molecular weight excluding hydrogens is 459 g/mol. The molecule has 4 aromatic rings. The summed E-state index contributed by atoms with van der Waals surface area (Å²) in [6.07, 6.45) is 1.27. The number of hydrogen-bond donors (Lipinski definition) is 2. The maximum absolute atomic E-state index is 13.0. The smallest absolute Gasteiger partial charge is 0.369 e. The van der Waals surface area contributed by atoms with Crippen LogP contribution in [0.15, 0.2) is 49.2 Å². The molecular formula is C20H16F3N7O2S. The van der Waals surface area contributed by atoms with Crippen LogP contribution < -0.4 is 11.1 Å². The summed E-state index contributed by atoms with van der Waals surface area (Å²) < 4.78 is 41.5. The largest absolute Gasteiger partial charge is 0.433 e. The number of benzene rings is 1. The van der Waals surface area contributed by atoms with E-state index >= 15 is 0 Å². The Balaban J connectivity index is 1.57. The Morgan fingerprint density at radius 2 is 2.00 bits per heavy atom. The maximum atomic E-state index is 13.0. The van der Waals surface area contributed by atoms with E-state index in [4.69, 9.17) is 5.73 Å². The van der Waals surface area contributed by atoms with Crippen LogP contribution in [0, 0.1) is 0 Å². The molecule has 2 amide bonds. The minimum absolute atomic E-state index is 0.134. The number of nitrogens with two attached hydrogens (primary N) is 1. The van der Waals surface area contributed by atoms with Crippen LogP contribution >= 0.6 is 11.3 Å². The molecule has 13 heteroatoms. The van der Waals surface area contributed by atoms with E-state index in [-0.39, 0.29) is 10.9 Å². The second kappa shape index (κ2) is 8.94. The lowest BCUT2D eigenvalue weighted by atomic mass is 10.1. The van der Waals surface area contributed by atoms with Crippen molar-refractivity contribution in [1.29, 1.82) is 0 Å². The van der Waals surface area contributed by atoms with Gasteiger partial charge in [0, 0.05) is 37.2 Å². The van der Waals surface area contributed by atoms with Gasteiger partial charge in [-0.1, -0.05) is 0 Å². The summed E-state index contributed by atoms with van der Waals surface area (Å²) in [5.41, 5.74) is 5.10. The predicted molar refractivity (Wildman–Crippen MR) is 112 cm³/mol. The summed E-state index contributed by atoms with van der Waals surface area (Å²) in [5.74, 6) is -3.00. The Morgan fingerprint density at radius 3 is 2.70 bits per heavy atom. The van der Waals surface area contributed by atoms with E-state index in [2.05, 4.69) is 25.3 Å². The van der Waals surface area contributed by atoms with E-state index < -0.39 is 29.5 Å². The highest BCUT2D eigenvalue weighted by molar-refractivity contribution is 7.18. The lowest BCUT2D eigenvalue weighted by molar-refractivity contribution is -0.141. The van der Waals surface area contributed by atoms with E-state index in [0.717, 1.165) is 17.5 Å². The quantitative estimate of drug-likeness (QED) is 0.422. The lowest BCUT2D eigenvalue weighted by Crippen LogP contribution is -2.26. The van der Waals surface area contributed by atoms with Crippen LogP contribution in [0.2, 0.25) is 0 Å². The molecule has 4 rings (SSSR count). The molecule has 0 saturated carbocycles. The van der Waals surface area contributed by atoms with E-state index in [1.54, 1.807) is 36.9 Å². The molecule has 0 saturated heterocycles. The maximum Gasteiger partial charge on any atom is 0.433 e. The number of primary amides is 1. The molecule has 0 radical (unpaired) electrons. The van der Waals surface area contributed by atoms with Gasteiger partial charge in [-0.25, -0.2) is 19.9 Å². The molecule has 1 atom stereocenters. The zero-order valence-electron chi connectivity index (χ0n) is 16.8. The van der Waals surface area contributed by atoms with Gasteiger partial charge in [0.1, 0.15) is 22.4 Å². The molecule has 0 aliphatic carbocycles. The Morgan fingerprint density at radius 1 is 1.18 bits per heavy atom. The highest BCUT2D eigenvalue weighted by Crippen LogP contribution is 2.33. The fourth-order valence-electron chi connectivity index (χ4n) is 3.06. The van der Waals surface area contributed by atoms with Crippen molar-refractivity contribution in [3.8, 4) is 0 Å². The number of rotatable bonds is 7. The average molecular weight is 475 g/mol. The van der Waals surface area contributed by atoms with E-state index in [9.17, 15) is 22.8 Å². The SMILES string of the molecule is NC(=O)C(c1nccc(C(F)(F)F)n1)c1nc2ccc(C(=O)NCCn3ccnc3)cc2s1. The molecule has 9 nitrogen and oxygen atoms in total. The van der Waals surface area contributed by atoms with Crippen LogP contribution in [0.5, 0.6) is 0 Å². The number of carbonyl (C=O) groups is 2. The zero-order chi connectivity index (χ0) is 23.6. The number of nitrogens with zero attached hydrogens (tertiary/aromatic N) is 5. The normalized spacial score (nSPS) is 12.6. The van der Waals surface area contributed by atoms with Gasteiger partial charge in [0.2, 0.25) is 5.91 Å². The molecule has 0 spiro atoms. The lowest BCUT2D eigenvalue weighted by Gasteiger charge is -2.11. The highest BCUT2D eigenvalue weighted by atomic mass is 32.1. The molecule has 170 valence electrons. The molecule has 3 heterocycles. The summed E-state index contributed by atoms with van der Waals surface area (Å²) in [6, 6.07) is 5.45. The van der Waals surface area contributed by atoms with Crippen molar-refractivity contribution in [3.05, 3.63) is 71.3 Å². The first-order chi connectivity index (χ1) is 15.7. The van der Waals surface area contributed by atoms with Gasteiger partial charge in [-0.2, -0.15) is 13.2 Å². The molecule has 3 aromatic heterocycles. The Kier molecular flexibility index (Phi) is 6.05. The zero-order valence-corrected chi connectivity index (χ0v) is 17.6. The number of hydrogen-bond acceptors (Lipinski definition) is 7. The minimum Gasteiger partial charge on any atom is -0.369 e. The van der Waals surface area contributed by atoms with Crippen LogP contribution in [0.4, 0.5) is 13.2 Å². The summed E-state index contributed by atoms with van der Waals surface area (Å²) in [6.45, 7) is 0.938. The molecule has 0 aliphatic heterocycles. The van der Waals surface area contributed by atoms with Gasteiger partial charge in [0.05, 0.1) is 16.5 Å². The van der Waals surface area contributed by atoms with Crippen molar-refractivity contribution in [2.24, 2.45) is 5.73 Å². The van der Waals surface area contributed by atoms with E-state index in [1.165, 1.54) is 0 Å². The summed E-state index contributed by atoms with van der Waals surface area (Å²) in [7, 11) is 0. The molecule has 1 unspecified atom stereocenters. The Labute approximate surface area is 188 Å². The molecule has 3 N–H and O–H groups in total. The third kappa shape index (κ3) is 4.98. The van der Waals surface area contributed by atoms with Crippen LogP contribution in [-0.2, 0) is 17.5 Å². The second-order valence-electron chi connectivity index (χ2n) is 6.92. The number of fused-ring (bicyclic) bond motifs is 1. The van der Waals surface area contributed by atoms with Crippen LogP contribution in [0.3, 0.4) is 0 Å². The topological polar surface area (TPSA) is 129 Å². The van der Waals surface area contributed by atoms with Crippen molar-refractivity contribution in [1.82, 2.24) is 29.8 Å². The first-order valence-electron chi connectivity index (χ1n) is 9.56. The van der Waals surface area contributed by atoms with Gasteiger partial charge < -0.3 is 15.6 Å². The fourth-order valence-corrected chi connectivity index (χ4v) is 4.17. The molecule has 0 fully saturated rings. The molecule has 0 bridgehead atoms. The molecule has 0 aliphatic rings. The van der Waals surface area contributed by atoms with Crippen LogP contribution in [0.1, 0.15) is 32.8 Å². The highest BCUT2D eigenvalue weighted by Gasteiger charge is 2.35. The van der Waals surface area contributed by atoms with Gasteiger partial charge >= 0.3 is 6.18 Å². The number of nitrogens with one attached hydrogen (secondary N) is 1. The van der Waals surface area contributed by atoms with Crippen molar-refractivity contribution in [3.63, 3.8) is 0 Å². The van der Waals surface area contributed by atoms with Gasteiger partial charge in [-0.15, -0.1) is 11.3 Å². The number of alkyl halides is 3. The fraction of sp³-hybridized carbons (Fsp3) is 0.200. The first kappa shape index (κ1) is 22.3. The van der Waals surface area contributed by atoms with Crippen LogP contribution in [-0.4, -0.2) is 42.9 Å². The number of aromatic nitrogens is 5. The van der Waals surface area contributed by atoms with Crippen molar-refractivity contribution in [2.75, 3.05) is 6.54 Å². The van der Waals surface area contributed by atoms with E-state index in [0.29, 0.717) is 34.9 Å². The molecule has 1 aromatic carbocycles. The van der Waals surface area contributed by atoms with Crippen molar-refractivity contribution < 1.29 is 22.8 Å². The monoisotopic (exact) mass is 475 g/mol. The first-order valence-corrected chi connectivity index (χ1v) is 10.4. The minimum atomic E-state index is -4.70. The summed E-state index contributed by atoms with van der Waals surface area (Å²) in [4.78, 5) is 40.1. The number of halogens is 3. The van der Waals surface area contributed by atoms with Gasteiger partial charge in [0.15, 0.2) is 0 Å². The number of carbonyl (C=O) groups excluding carboxylic acids is 2. The predicted octanol–water partition coefficient (Wildman–Crippen LogP) is 2.35. The third-order valence-corrected chi connectivity index (χ3v) is 5.72. The van der Waals surface area contributed by atoms with Crippen molar-refractivity contribution >= 4 is 33.4 Å². The number of amides is 2.